The fraction of sp³-hybridized carbons (Fsp3) is 0.368. The van der Waals surface area contributed by atoms with Crippen molar-refractivity contribution < 1.29 is 8.78 Å². The quantitative estimate of drug-likeness (QED) is 0.674. The number of aryl methyl sites for hydroxylation is 2. The first-order valence-corrected chi connectivity index (χ1v) is 9.44. The largest absolute Gasteiger partial charge is 0.304 e. The predicted molar refractivity (Wildman–Crippen MR) is 99.7 cm³/mol. The van der Waals surface area contributed by atoms with Crippen LogP contribution >= 0.6 is 11.3 Å². The van der Waals surface area contributed by atoms with Gasteiger partial charge in [0.25, 0.3) is 0 Å². The van der Waals surface area contributed by atoms with Gasteiger partial charge in [-0.3, -0.25) is 0 Å². The number of benzene rings is 1. The third kappa shape index (κ3) is 3.68. The minimum absolute atomic E-state index is 0.165. The van der Waals surface area contributed by atoms with Crippen LogP contribution in [-0.4, -0.2) is 14.8 Å². The van der Waals surface area contributed by atoms with Gasteiger partial charge in [0, 0.05) is 34.9 Å². The Balaban J connectivity index is 1.84. The summed E-state index contributed by atoms with van der Waals surface area (Å²) >= 11 is 1.65. The van der Waals surface area contributed by atoms with E-state index in [0.29, 0.717) is 6.54 Å². The fourth-order valence-corrected chi connectivity index (χ4v) is 3.94. The zero-order valence-electron chi connectivity index (χ0n) is 15.3. The van der Waals surface area contributed by atoms with E-state index < -0.39 is 11.6 Å². The molecule has 2 aromatic heterocycles. The molecule has 1 unspecified atom stereocenters. The van der Waals surface area contributed by atoms with Gasteiger partial charge in [0.1, 0.15) is 16.5 Å². The van der Waals surface area contributed by atoms with Crippen molar-refractivity contribution in [3.8, 4) is 5.69 Å². The summed E-state index contributed by atoms with van der Waals surface area (Å²) in [5.41, 5.74) is 3.95. The lowest BCUT2D eigenvalue weighted by Crippen LogP contribution is -2.21. The monoisotopic (exact) mass is 376 g/mol. The van der Waals surface area contributed by atoms with Crippen LogP contribution in [0.3, 0.4) is 0 Å². The lowest BCUT2D eigenvalue weighted by Gasteiger charge is -2.15. The van der Waals surface area contributed by atoms with Gasteiger partial charge in [-0.1, -0.05) is 6.92 Å². The van der Waals surface area contributed by atoms with Crippen LogP contribution in [0.25, 0.3) is 5.69 Å². The van der Waals surface area contributed by atoms with Gasteiger partial charge in [-0.15, -0.1) is 11.3 Å². The molecule has 2 heterocycles. The van der Waals surface area contributed by atoms with E-state index in [1.807, 2.05) is 26.2 Å². The highest BCUT2D eigenvalue weighted by Gasteiger charge is 2.18. The van der Waals surface area contributed by atoms with E-state index in [0.717, 1.165) is 40.1 Å². The first kappa shape index (κ1) is 18.7. The molecule has 0 spiro atoms. The summed E-state index contributed by atoms with van der Waals surface area (Å²) in [6.07, 6.45) is 0.922. The molecule has 26 heavy (non-hydrogen) atoms. The standard InChI is InChI=1S/C19H22F2N4S/c1-5-17(19-23-11(2)10-26-19)22-9-15-12(3)24-25(13(15)4)18-7-6-14(20)8-16(18)21/h6-8,10,17,22H,5,9H2,1-4H3. The summed E-state index contributed by atoms with van der Waals surface area (Å²) in [6, 6.07) is 3.69. The third-order valence-electron chi connectivity index (χ3n) is 4.45. The molecule has 0 saturated heterocycles. The van der Waals surface area contributed by atoms with Crippen molar-refractivity contribution in [2.24, 2.45) is 0 Å². The maximum Gasteiger partial charge on any atom is 0.151 e. The van der Waals surface area contributed by atoms with E-state index >= 15 is 0 Å². The average Bonchev–Trinajstić information content (AvgIpc) is 3.13. The maximum absolute atomic E-state index is 14.1. The van der Waals surface area contributed by atoms with E-state index in [2.05, 4.69) is 22.3 Å². The second-order valence-corrected chi connectivity index (χ2v) is 7.22. The van der Waals surface area contributed by atoms with Gasteiger partial charge in [0.15, 0.2) is 5.82 Å². The molecule has 0 aliphatic heterocycles. The van der Waals surface area contributed by atoms with Crippen molar-refractivity contribution in [3.05, 3.63) is 62.9 Å². The van der Waals surface area contributed by atoms with Gasteiger partial charge in [-0.2, -0.15) is 5.10 Å². The van der Waals surface area contributed by atoms with Crippen molar-refractivity contribution in [1.29, 1.82) is 0 Å². The van der Waals surface area contributed by atoms with Gasteiger partial charge in [0.2, 0.25) is 0 Å². The van der Waals surface area contributed by atoms with E-state index in [-0.39, 0.29) is 11.7 Å². The number of hydrogen-bond donors (Lipinski definition) is 1. The maximum atomic E-state index is 14.1. The van der Waals surface area contributed by atoms with Crippen LogP contribution in [0.1, 0.15) is 47.0 Å². The lowest BCUT2D eigenvalue weighted by atomic mass is 10.1. The summed E-state index contributed by atoms with van der Waals surface area (Å²) in [7, 11) is 0. The Morgan fingerprint density at radius 2 is 2.00 bits per heavy atom. The Labute approximate surface area is 155 Å². The second kappa shape index (κ2) is 7.63. The number of nitrogens with one attached hydrogen (secondary N) is 1. The predicted octanol–water partition coefficient (Wildman–Crippen LogP) is 4.77. The minimum atomic E-state index is -0.625. The van der Waals surface area contributed by atoms with E-state index in [1.54, 1.807) is 11.3 Å². The average molecular weight is 376 g/mol. The van der Waals surface area contributed by atoms with Gasteiger partial charge in [-0.25, -0.2) is 18.4 Å². The zero-order valence-corrected chi connectivity index (χ0v) is 16.1. The highest BCUT2D eigenvalue weighted by molar-refractivity contribution is 7.09. The van der Waals surface area contributed by atoms with Crippen LogP contribution in [0.5, 0.6) is 0 Å². The molecule has 0 fully saturated rings. The molecule has 1 aromatic carbocycles. The number of halogens is 2. The summed E-state index contributed by atoms with van der Waals surface area (Å²) in [4.78, 5) is 4.56. The number of rotatable bonds is 6. The number of thiazole rings is 1. The van der Waals surface area contributed by atoms with E-state index in [4.69, 9.17) is 0 Å². The fourth-order valence-electron chi connectivity index (χ4n) is 2.98. The molecule has 1 atom stereocenters. The molecule has 3 aromatic rings. The number of hydrogen-bond acceptors (Lipinski definition) is 4. The molecule has 0 aliphatic rings. The number of aromatic nitrogens is 3. The molecule has 4 nitrogen and oxygen atoms in total. The SMILES string of the molecule is CCC(NCc1c(C)nn(-c2ccc(F)cc2F)c1C)c1nc(C)cs1. The van der Waals surface area contributed by atoms with Crippen LogP contribution in [0.4, 0.5) is 8.78 Å². The summed E-state index contributed by atoms with van der Waals surface area (Å²) in [5.74, 6) is -1.22. The van der Waals surface area contributed by atoms with Crippen molar-refractivity contribution >= 4 is 11.3 Å². The lowest BCUT2D eigenvalue weighted by molar-refractivity contribution is 0.514. The zero-order chi connectivity index (χ0) is 18.8. The molecule has 0 bridgehead atoms. The molecule has 3 rings (SSSR count). The van der Waals surface area contributed by atoms with Crippen LogP contribution < -0.4 is 5.32 Å². The highest BCUT2D eigenvalue weighted by Crippen LogP contribution is 2.24. The third-order valence-corrected chi connectivity index (χ3v) is 5.52. The molecule has 1 N–H and O–H groups in total. The summed E-state index contributed by atoms with van der Waals surface area (Å²) < 4.78 is 28.8. The van der Waals surface area contributed by atoms with Crippen molar-refractivity contribution in [2.75, 3.05) is 0 Å². The van der Waals surface area contributed by atoms with Gasteiger partial charge in [-0.05, 0) is 39.3 Å². The molecule has 138 valence electrons. The van der Waals surface area contributed by atoms with Crippen molar-refractivity contribution in [1.82, 2.24) is 20.1 Å². The Kier molecular flexibility index (Phi) is 5.48. The Morgan fingerprint density at radius 1 is 1.23 bits per heavy atom. The molecule has 7 heteroatoms. The van der Waals surface area contributed by atoms with Gasteiger partial charge >= 0.3 is 0 Å². The Bertz CT molecular complexity index is 916. The van der Waals surface area contributed by atoms with E-state index in [9.17, 15) is 8.78 Å². The van der Waals surface area contributed by atoms with Crippen LogP contribution in [-0.2, 0) is 6.54 Å². The normalized spacial score (nSPS) is 12.5. The van der Waals surface area contributed by atoms with Crippen molar-refractivity contribution in [2.45, 2.75) is 46.7 Å². The van der Waals surface area contributed by atoms with E-state index in [1.165, 1.54) is 16.8 Å². The summed E-state index contributed by atoms with van der Waals surface area (Å²) in [6.45, 7) is 8.51. The molecular formula is C19H22F2N4S. The first-order chi connectivity index (χ1) is 12.4. The van der Waals surface area contributed by atoms with Crippen LogP contribution in [0.2, 0.25) is 0 Å². The topological polar surface area (TPSA) is 42.7 Å². The van der Waals surface area contributed by atoms with Gasteiger partial charge in [0.05, 0.1) is 11.7 Å². The molecule has 0 saturated carbocycles. The minimum Gasteiger partial charge on any atom is -0.304 e. The molecule has 0 aliphatic carbocycles. The number of nitrogens with zero attached hydrogens (tertiary/aromatic N) is 3. The smallest absolute Gasteiger partial charge is 0.151 e. The van der Waals surface area contributed by atoms with Crippen LogP contribution in [0, 0.1) is 32.4 Å². The van der Waals surface area contributed by atoms with Crippen LogP contribution in [0.15, 0.2) is 23.6 Å². The Morgan fingerprint density at radius 3 is 2.62 bits per heavy atom. The first-order valence-electron chi connectivity index (χ1n) is 8.56. The van der Waals surface area contributed by atoms with Crippen molar-refractivity contribution in [3.63, 3.8) is 0 Å². The molecule has 0 amide bonds. The van der Waals surface area contributed by atoms with Gasteiger partial charge < -0.3 is 5.32 Å². The summed E-state index contributed by atoms with van der Waals surface area (Å²) in [5, 5.41) is 11.1. The Hall–Kier alpha value is -2.12. The highest BCUT2D eigenvalue weighted by atomic mass is 32.1. The molecular weight excluding hydrogens is 354 g/mol. The molecule has 0 radical (unpaired) electrons. The second-order valence-electron chi connectivity index (χ2n) is 6.33.